The Labute approximate surface area is 90.6 Å². The van der Waals surface area contributed by atoms with Crippen molar-refractivity contribution in [1.82, 2.24) is 10.3 Å². The van der Waals surface area contributed by atoms with Crippen LogP contribution in [0.3, 0.4) is 0 Å². The number of hydrogen-bond donors (Lipinski definition) is 3. The summed E-state index contributed by atoms with van der Waals surface area (Å²) in [6.45, 7) is 2.31. The van der Waals surface area contributed by atoms with Gasteiger partial charge in [-0.15, -0.1) is 0 Å². The highest BCUT2D eigenvalue weighted by atomic mass is 16.3. The third-order valence-electron chi connectivity index (χ3n) is 3.26. The molecule has 1 amide bonds. The smallest absolute Gasteiger partial charge is 0.250 e. The van der Waals surface area contributed by atoms with E-state index in [-0.39, 0.29) is 11.9 Å². The average molecular weight is 215 g/mol. The minimum absolute atomic E-state index is 0.223. The van der Waals surface area contributed by atoms with Crippen molar-refractivity contribution in [2.45, 2.75) is 44.2 Å². The molecule has 5 heteroatoms. The lowest BCUT2D eigenvalue weighted by atomic mass is 10.0. The number of hydrogen-bond acceptors (Lipinski definition) is 4. The SMILES string of the molecule is CC(C(=O)NN)N(C)CC1(O)CCCC1. The predicted molar refractivity (Wildman–Crippen MR) is 57.8 cm³/mol. The van der Waals surface area contributed by atoms with Gasteiger partial charge in [-0.1, -0.05) is 12.8 Å². The van der Waals surface area contributed by atoms with Crippen molar-refractivity contribution < 1.29 is 9.90 Å². The molecule has 0 saturated heterocycles. The Morgan fingerprint density at radius 1 is 1.60 bits per heavy atom. The molecule has 1 atom stereocenters. The number of hydrazine groups is 1. The molecule has 1 aliphatic carbocycles. The molecule has 1 fully saturated rings. The van der Waals surface area contributed by atoms with Gasteiger partial charge < -0.3 is 5.11 Å². The van der Waals surface area contributed by atoms with Gasteiger partial charge in [-0.2, -0.15) is 0 Å². The molecule has 0 aliphatic heterocycles. The van der Waals surface area contributed by atoms with Crippen molar-refractivity contribution in [2.75, 3.05) is 13.6 Å². The summed E-state index contributed by atoms with van der Waals surface area (Å²) in [5.74, 6) is 4.84. The number of rotatable bonds is 4. The average Bonchev–Trinajstić information content (AvgIpc) is 2.62. The van der Waals surface area contributed by atoms with Gasteiger partial charge in [0, 0.05) is 6.54 Å². The Morgan fingerprint density at radius 3 is 2.60 bits per heavy atom. The van der Waals surface area contributed by atoms with E-state index in [1.54, 1.807) is 6.92 Å². The van der Waals surface area contributed by atoms with Crippen molar-refractivity contribution in [3.05, 3.63) is 0 Å². The minimum Gasteiger partial charge on any atom is -0.389 e. The fourth-order valence-corrected chi connectivity index (χ4v) is 2.11. The predicted octanol–water partition coefficient (Wildman–Crippen LogP) is -0.398. The van der Waals surface area contributed by atoms with E-state index in [4.69, 9.17) is 5.84 Å². The third kappa shape index (κ3) is 3.15. The van der Waals surface area contributed by atoms with Gasteiger partial charge in [0.05, 0.1) is 11.6 Å². The molecule has 0 aromatic carbocycles. The van der Waals surface area contributed by atoms with Crippen LogP contribution < -0.4 is 11.3 Å². The molecule has 0 spiro atoms. The molecule has 1 rings (SSSR count). The minimum atomic E-state index is -0.613. The highest BCUT2D eigenvalue weighted by molar-refractivity contribution is 5.80. The van der Waals surface area contributed by atoms with E-state index in [0.717, 1.165) is 25.7 Å². The fraction of sp³-hybridized carbons (Fsp3) is 0.900. The summed E-state index contributed by atoms with van der Waals surface area (Å²) in [5.41, 5.74) is 1.51. The number of carbonyl (C=O) groups is 1. The zero-order valence-electron chi connectivity index (χ0n) is 9.49. The zero-order chi connectivity index (χ0) is 11.5. The van der Waals surface area contributed by atoms with E-state index < -0.39 is 5.60 Å². The van der Waals surface area contributed by atoms with Gasteiger partial charge in [-0.25, -0.2) is 5.84 Å². The van der Waals surface area contributed by atoms with Crippen molar-refractivity contribution in [3.63, 3.8) is 0 Å². The maximum absolute atomic E-state index is 11.3. The van der Waals surface area contributed by atoms with Crippen LogP contribution in [-0.4, -0.2) is 41.1 Å². The molecule has 0 radical (unpaired) electrons. The monoisotopic (exact) mass is 215 g/mol. The van der Waals surface area contributed by atoms with E-state index in [1.165, 1.54) is 0 Å². The van der Waals surface area contributed by atoms with E-state index in [9.17, 15) is 9.90 Å². The first-order valence-corrected chi connectivity index (χ1v) is 5.41. The lowest BCUT2D eigenvalue weighted by Gasteiger charge is -2.31. The molecule has 1 saturated carbocycles. The van der Waals surface area contributed by atoms with Crippen LogP contribution in [0.15, 0.2) is 0 Å². The summed E-state index contributed by atoms with van der Waals surface area (Å²) in [6.07, 6.45) is 3.80. The Bertz CT molecular complexity index is 227. The maximum atomic E-state index is 11.3. The summed E-state index contributed by atoms with van der Waals surface area (Å²) in [5, 5.41) is 10.2. The van der Waals surface area contributed by atoms with Gasteiger partial charge in [0.1, 0.15) is 0 Å². The number of nitrogens with two attached hydrogens (primary N) is 1. The molecule has 4 N–H and O–H groups in total. The molecule has 1 aliphatic rings. The van der Waals surface area contributed by atoms with E-state index >= 15 is 0 Å². The first-order chi connectivity index (χ1) is 6.98. The number of nitrogens with zero attached hydrogens (tertiary/aromatic N) is 1. The standard InChI is InChI=1S/C10H21N3O2/c1-8(9(14)12-11)13(2)7-10(15)5-3-4-6-10/h8,15H,3-7,11H2,1-2H3,(H,12,14). The Morgan fingerprint density at radius 2 is 2.13 bits per heavy atom. The summed E-state index contributed by atoms with van der Waals surface area (Å²) < 4.78 is 0. The highest BCUT2D eigenvalue weighted by Gasteiger charge is 2.34. The Hall–Kier alpha value is -0.650. The van der Waals surface area contributed by atoms with E-state index in [0.29, 0.717) is 6.54 Å². The number of carbonyl (C=O) groups excluding carboxylic acids is 1. The number of likely N-dealkylation sites (N-methyl/N-ethyl adjacent to an activating group) is 1. The van der Waals surface area contributed by atoms with Crippen LogP contribution >= 0.6 is 0 Å². The summed E-state index contributed by atoms with van der Waals surface area (Å²) in [4.78, 5) is 13.1. The van der Waals surface area contributed by atoms with Crippen LogP contribution in [0.25, 0.3) is 0 Å². The van der Waals surface area contributed by atoms with Gasteiger partial charge in [0.15, 0.2) is 0 Å². The van der Waals surface area contributed by atoms with Gasteiger partial charge >= 0.3 is 0 Å². The second-order valence-corrected chi connectivity index (χ2v) is 4.53. The van der Waals surface area contributed by atoms with Crippen LogP contribution in [0.4, 0.5) is 0 Å². The quantitative estimate of drug-likeness (QED) is 0.339. The summed E-state index contributed by atoms with van der Waals surface area (Å²) >= 11 is 0. The van der Waals surface area contributed by atoms with Crippen molar-refractivity contribution in [3.8, 4) is 0 Å². The fourth-order valence-electron chi connectivity index (χ4n) is 2.11. The summed E-state index contributed by atoms with van der Waals surface area (Å²) in [7, 11) is 1.83. The maximum Gasteiger partial charge on any atom is 0.250 e. The molecule has 5 nitrogen and oxygen atoms in total. The molecule has 0 heterocycles. The van der Waals surface area contributed by atoms with Crippen LogP contribution in [-0.2, 0) is 4.79 Å². The van der Waals surface area contributed by atoms with Crippen LogP contribution in [0, 0.1) is 0 Å². The second kappa shape index (κ2) is 4.92. The topological polar surface area (TPSA) is 78.6 Å². The highest BCUT2D eigenvalue weighted by Crippen LogP contribution is 2.30. The molecule has 15 heavy (non-hydrogen) atoms. The van der Waals surface area contributed by atoms with Gasteiger partial charge in [-0.3, -0.25) is 15.1 Å². The van der Waals surface area contributed by atoms with Crippen LogP contribution in [0.2, 0.25) is 0 Å². The first kappa shape index (κ1) is 12.4. The van der Waals surface area contributed by atoms with Crippen molar-refractivity contribution >= 4 is 5.91 Å². The van der Waals surface area contributed by atoms with Gasteiger partial charge in [0.25, 0.3) is 5.91 Å². The molecule has 0 bridgehead atoms. The largest absolute Gasteiger partial charge is 0.389 e. The Balaban J connectivity index is 2.47. The number of amides is 1. The number of nitrogens with one attached hydrogen (secondary N) is 1. The molecular weight excluding hydrogens is 194 g/mol. The molecule has 0 aromatic rings. The lowest BCUT2D eigenvalue weighted by molar-refractivity contribution is -0.126. The molecule has 0 aromatic heterocycles. The third-order valence-corrected chi connectivity index (χ3v) is 3.26. The molecule has 1 unspecified atom stereocenters. The number of aliphatic hydroxyl groups is 1. The van der Waals surface area contributed by atoms with Crippen molar-refractivity contribution in [1.29, 1.82) is 0 Å². The zero-order valence-corrected chi connectivity index (χ0v) is 9.49. The Kier molecular flexibility index (Phi) is 4.07. The second-order valence-electron chi connectivity index (χ2n) is 4.53. The molecular formula is C10H21N3O2. The van der Waals surface area contributed by atoms with Crippen LogP contribution in [0.1, 0.15) is 32.6 Å². The lowest BCUT2D eigenvalue weighted by Crippen LogP contribution is -2.50. The normalized spacial score (nSPS) is 21.7. The van der Waals surface area contributed by atoms with E-state index in [2.05, 4.69) is 5.43 Å². The van der Waals surface area contributed by atoms with Crippen molar-refractivity contribution in [2.24, 2.45) is 5.84 Å². The van der Waals surface area contributed by atoms with E-state index in [1.807, 2.05) is 11.9 Å². The molecule has 88 valence electrons. The summed E-state index contributed by atoms with van der Waals surface area (Å²) in [6, 6.07) is -0.306. The first-order valence-electron chi connectivity index (χ1n) is 5.41. The van der Waals surface area contributed by atoms with Gasteiger partial charge in [0.2, 0.25) is 0 Å². The van der Waals surface area contributed by atoms with Crippen LogP contribution in [0.5, 0.6) is 0 Å². The van der Waals surface area contributed by atoms with Gasteiger partial charge in [-0.05, 0) is 26.8 Å².